The van der Waals surface area contributed by atoms with Gasteiger partial charge in [-0.25, -0.2) is 4.98 Å². The summed E-state index contributed by atoms with van der Waals surface area (Å²) in [5.41, 5.74) is 10.2. The molecule has 0 aliphatic carbocycles. The molecular weight excluding hydrogens is 226 g/mol. The fraction of sp³-hybridized carbons (Fsp3) is 0.154. The molecular formula is C13H13N5. The smallest absolute Gasteiger partial charge is 0.137 e. The number of hydrogen-bond donors (Lipinski definition) is 1. The highest BCUT2D eigenvalue weighted by Crippen LogP contribution is 2.22. The molecule has 0 aromatic carbocycles. The van der Waals surface area contributed by atoms with Gasteiger partial charge in [-0.2, -0.15) is 5.10 Å². The highest BCUT2D eigenvalue weighted by atomic mass is 15.1. The van der Waals surface area contributed by atoms with Crippen LogP contribution in [0.25, 0.3) is 17.0 Å². The van der Waals surface area contributed by atoms with Crippen molar-refractivity contribution in [3.63, 3.8) is 0 Å². The van der Waals surface area contributed by atoms with Crippen molar-refractivity contribution < 1.29 is 0 Å². The van der Waals surface area contributed by atoms with E-state index in [1.807, 2.05) is 41.8 Å². The van der Waals surface area contributed by atoms with Crippen LogP contribution >= 0.6 is 0 Å². The monoisotopic (exact) mass is 239 g/mol. The lowest BCUT2D eigenvalue weighted by Gasteiger charge is -2.03. The second kappa shape index (κ2) is 4.19. The van der Waals surface area contributed by atoms with Gasteiger partial charge in [0.25, 0.3) is 0 Å². The molecule has 0 spiro atoms. The zero-order valence-corrected chi connectivity index (χ0v) is 10.0. The SMILES string of the molecule is Cc1nc2ccccn2c1-c1cc(CN)cnn1. The van der Waals surface area contributed by atoms with E-state index in [0.29, 0.717) is 6.54 Å². The predicted octanol–water partition coefficient (Wildman–Crippen LogP) is 1.56. The molecule has 0 amide bonds. The number of imidazole rings is 1. The molecule has 5 heteroatoms. The van der Waals surface area contributed by atoms with E-state index in [1.165, 1.54) is 0 Å². The maximum atomic E-state index is 5.63. The minimum absolute atomic E-state index is 0.457. The normalized spacial score (nSPS) is 11.0. The van der Waals surface area contributed by atoms with Gasteiger partial charge in [-0.15, -0.1) is 5.10 Å². The van der Waals surface area contributed by atoms with Crippen LogP contribution in [0.4, 0.5) is 0 Å². The van der Waals surface area contributed by atoms with Crippen molar-refractivity contribution in [2.24, 2.45) is 5.73 Å². The van der Waals surface area contributed by atoms with Crippen molar-refractivity contribution in [3.8, 4) is 11.4 Å². The lowest BCUT2D eigenvalue weighted by atomic mass is 10.2. The van der Waals surface area contributed by atoms with Gasteiger partial charge >= 0.3 is 0 Å². The standard InChI is InChI=1S/C13H13N5/c1-9-13(11-6-10(7-14)8-15-17-11)18-5-3-2-4-12(18)16-9/h2-6,8H,7,14H2,1H3. The molecule has 18 heavy (non-hydrogen) atoms. The maximum absolute atomic E-state index is 5.63. The second-order valence-electron chi connectivity index (χ2n) is 4.13. The summed E-state index contributed by atoms with van der Waals surface area (Å²) in [6, 6.07) is 7.86. The molecule has 5 nitrogen and oxygen atoms in total. The van der Waals surface area contributed by atoms with Crippen molar-refractivity contribution in [3.05, 3.63) is 47.9 Å². The van der Waals surface area contributed by atoms with E-state index in [-0.39, 0.29) is 0 Å². The largest absolute Gasteiger partial charge is 0.326 e. The van der Waals surface area contributed by atoms with Crippen LogP contribution in [0.2, 0.25) is 0 Å². The van der Waals surface area contributed by atoms with Crippen molar-refractivity contribution >= 4 is 5.65 Å². The number of aromatic nitrogens is 4. The summed E-state index contributed by atoms with van der Waals surface area (Å²) in [5, 5.41) is 8.16. The third kappa shape index (κ3) is 1.65. The zero-order chi connectivity index (χ0) is 12.5. The zero-order valence-electron chi connectivity index (χ0n) is 10.0. The molecule has 0 unspecified atom stereocenters. The highest BCUT2D eigenvalue weighted by molar-refractivity contribution is 5.63. The van der Waals surface area contributed by atoms with E-state index < -0.39 is 0 Å². The first-order valence-corrected chi connectivity index (χ1v) is 5.75. The first-order valence-electron chi connectivity index (χ1n) is 5.75. The molecule has 0 fully saturated rings. The third-order valence-corrected chi connectivity index (χ3v) is 2.89. The number of hydrogen-bond acceptors (Lipinski definition) is 4. The Balaban J connectivity index is 2.27. The fourth-order valence-corrected chi connectivity index (χ4v) is 2.06. The number of rotatable bonds is 2. The summed E-state index contributed by atoms with van der Waals surface area (Å²) in [6.07, 6.45) is 3.66. The van der Waals surface area contributed by atoms with Crippen molar-refractivity contribution in [2.45, 2.75) is 13.5 Å². The number of nitrogens with two attached hydrogens (primary N) is 1. The van der Waals surface area contributed by atoms with Gasteiger partial charge < -0.3 is 5.73 Å². The Bertz CT molecular complexity index is 701. The summed E-state index contributed by atoms with van der Waals surface area (Å²) < 4.78 is 2.01. The van der Waals surface area contributed by atoms with E-state index in [4.69, 9.17) is 5.73 Å². The molecule has 3 rings (SSSR count). The molecule has 0 radical (unpaired) electrons. The van der Waals surface area contributed by atoms with E-state index in [9.17, 15) is 0 Å². The highest BCUT2D eigenvalue weighted by Gasteiger charge is 2.12. The lowest BCUT2D eigenvalue weighted by molar-refractivity contribution is 0.962. The van der Waals surface area contributed by atoms with Gasteiger partial charge in [-0.3, -0.25) is 4.40 Å². The molecule has 90 valence electrons. The topological polar surface area (TPSA) is 69.1 Å². The Morgan fingerprint density at radius 3 is 3.06 bits per heavy atom. The van der Waals surface area contributed by atoms with Gasteiger partial charge in [0.2, 0.25) is 0 Å². The minimum atomic E-state index is 0.457. The summed E-state index contributed by atoms with van der Waals surface area (Å²) in [6.45, 7) is 2.43. The van der Waals surface area contributed by atoms with Crippen LogP contribution in [0, 0.1) is 6.92 Å². The lowest BCUT2D eigenvalue weighted by Crippen LogP contribution is -2.00. The van der Waals surface area contributed by atoms with Crippen molar-refractivity contribution in [2.75, 3.05) is 0 Å². The number of fused-ring (bicyclic) bond motifs is 1. The van der Waals surface area contributed by atoms with Gasteiger partial charge in [0.15, 0.2) is 0 Å². The van der Waals surface area contributed by atoms with E-state index >= 15 is 0 Å². The molecule has 0 aliphatic rings. The molecule has 0 atom stereocenters. The number of nitrogens with zero attached hydrogens (tertiary/aromatic N) is 4. The summed E-state index contributed by atoms with van der Waals surface area (Å²) in [7, 11) is 0. The predicted molar refractivity (Wildman–Crippen MR) is 68.8 cm³/mol. The van der Waals surface area contributed by atoms with Crippen LogP contribution in [0.1, 0.15) is 11.3 Å². The molecule has 2 N–H and O–H groups in total. The van der Waals surface area contributed by atoms with Crippen LogP contribution in [-0.2, 0) is 6.54 Å². The fourth-order valence-electron chi connectivity index (χ4n) is 2.06. The quantitative estimate of drug-likeness (QED) is 0.736. The van der Waals surface area contributed by atoms with E-state index in [1.54, 1.807) is 6.20 Å². The average Bonchev–Trinajstić information content (AvgIpc) is 2.74. The van der Waals surface area contributed by atoms with Crippen LogP contribution in [-0.4, -0.2) is 19.6 Å². The Morgan fingerprint density at radius 1 is 1.33 bits per heavy atom. The number of pyridine rings is 1. The molecule has 0 aliphatic heterocycles. The molecule has 3 heterocycles. The average molecular weight is 239 g/mol. The number of aryl methyl sites for hydroxylation is 1. The molecule has 0 saturated carbocycles. The first kappa shape index (κ1) is 10.9. The van der Waals surface area contributed by atoms with Gasteiger partial charge in [0, 0.05) is 12.7 Å². The maximum Gasteiger partial charge on any atom is 0.137 e. The molecule has 3 aromatic heterocycles. The van der Waals surface area contributed by atoms with Gasteiger partial charge in [-0.05, 0) is 30.7 Å². The van der Waals surface area contributed by atoms with Crippen molar-refractivity contribution in [1.29, 1.82) is 0 Å². The Hall–Kier alpha value is -2.27. The summed E-state index contributed by atoms with van der Waals surface area (Å²) in [4.78, 5) is 4.51. The van der Waals surface area contributed by atoms with Crippen LogP contribution in [0.15, 0.2) is 36.7 Å². The molecule has 0 bridgehead atoms. The van der Waals surface area contributed by atoms with Crippen LogP contribution in [0.3, 0.4) is 0 Å². The first-order chi connectivity index (χ1) is 8.79. The van der Waals surface area contributed by atoms with Gasteiger partial charge in [-0.1, -0.05) is 6.07 Å². The molecule has 0 saturated heterocycles. The summed E-state index contributed by atoms with van der Waals surface area (Å²) >= 11 is 0. The van der Waals surface area contributed by atoms with Gasteiger partial charge in [0.05, 0.1) is 17.6 Å². The molecule has 3 aromatic rings. The Morgan fingerprint density at radius 2 is 2.22 bits per heavy atom. The van der Waals surface area contributed by atoms with Crippen molar-refractivity contribution in [1.82, 2.24) is 19.6 Å². The third-order valence-electron chi connectivity index (χ3n) is 2.89. The van der Waals surface area contributed by atoms with Crippen LogP contribution < -0.4 is 5.73 Å². The Kier molecular flexibility index (Phi) is 2.53. The minimum Gasteiger partial charge on any atom is -0.326 e. The van der Waals surface area contributed by atoms with Crippen LogP contribution in [0.5, 0.6) is 0 Å². The van der Waals surface area contributed by atoms with E-state index in [2.05, 4.69) is 15.2 Å². The summed E-state index contributed by atoms with van der Waals surface area (Å²) in [5.74, 6) is 0. The second-order valence-corrected chi connectivity index (χ2v) is 4.13. The van der Waals surface area contributed by atoms with E-state index in [0.717, 1.165) is 28.3 Å². The Labute approximate surface area is 104 Å². The van der Waals surface area contributed by atoms with Gasteiger partial charge in [0.1, 0.15) is 11.3 Å².